The normalized spacial score (nSPS) is 18.4. The van der Waals surface area contributed by atoms with Crippen molar-refractivity contribution in [2.75, 3.05) is 18.1 Å². The van der Waals surface area contributed by atoms with Gasteiger partial charge in [-0.2, -0.15) is 4.31 Å². The molecule has 1 fully saturated rings. The predicted molar refractivity (Wildman–Crippen MR) is 109 cm³/mol. The van der Waals surface area contributed by atoms with Crippen LogP contribution in [0.15, 0.2) is 24.4 Å². The average Bonchev–Trinajstić information content (AvgIpc) is 3.04. The highest BCUT2D eigenvalue weighted by molar-refractivity contribution is 7.88. The molecular weight excluding hydrogens is 429 g/mol. The van der Waals surface area contributed by atoms with E-state index in [4.69, 9.17) is 23.2 Å². The molecule has 1 aliphatic heterocycles. The van der Waals surface area contributed by atoms with E-state index in [0.717, 1.165) is 29.5 Å². The zero-order valence-electron chi connectivity index (χ0n) is 14.6. The molecule has 6 nitrogen and oxygen atoms in total. The summed E-state index contributed by atoms with van der Waals surface area (Å²) in [6.45, 7) is 0.368. The van der Waals surface area contributed by atoms with Crippen LogP contribution in [0, 0.1) is 0 Å². The van der Waals surface area contributed by atoms with Gasteiger partial charge in [0, 0.05) is 34.1 Å². The highest BCUT2D eigenvalue weighted by Crippen LogP contribution is 2.28. The Labute approximate surface area is 172 Å². The van der Waals surface area contributed by atoms with E-state index in [9.17, 15) is 13.2 Å². The maximum atomic E-state index is 12.6. The van der Waals surface area contributed by atoms with Crippen molar-refractivity contribution in [3.05, 3.63) is 44.9 Å². The monoisotopic (exact) mass is 447 g/mol. The van der Waals surface area contributed by atoms with Gasteiger partial charge in [0.15, 0.2) is 5.13 Å². The Bertz CT molecular complexity index is 947. The molecule has 10 heteroatoms. The van der Waals surface area contributed by atoms with Crippen LogP contribution in [0.2, 0.25) is 10.0 Å². The number of halogens is 2. The van der Waals surface area contributed by atoms with Gasteiger partial charge in [-0.05, 0) is 36.6 Å². The van der Waals surface area contributed by atoms with Crippen molar-refractivity contribution in [1.29, 1.82) is 0 Å². The van der Waals surface area contributed by atoms with Crippen LogP contribution in [-0.4, -0.2) is 42.5 Å². The van der Waals surface area contributed by atoms with Crippen molar-refractivity contribution in [1.82, 2.24) is 9.29 Å². The van der Waals surface area contributed by atoms with Gasteiger partial charge in [0.25, 0.3) is 0 Å². The van der Waals surface area contributed by atoms with Crippen LogP contribution in [0.1, 0.15) is 29.7 Å². The molecular formula is C17H19Cl2N3O3S2. The Balaban J connectivity index is 1.69. The second-order valence-electron chi connectivity index (χ2n) is 6.42. The summed E-state index contributed by atoms with van der Waals surface area (Å²) < 4.78 is 25.1. The molecule has 0 saturated carbocycles. The molecule has 0 aliphatic carbocycles. The summed E-state index contributed by atoms with van der Waals surface area (Å²) in [5.41, 5.74) is 0.876. The fourth-order valence-corrected chi connectivity index (χ4v) is 5.41. The molecule has 1 atom stereocenters. The van der Waals surface area contributed by atoms with Crippen LogP contribution >= 0.6 is 34.5 Å². The van der Waals surface area contributed by atoms with E-state index in [0.29, 0.717) is 34.6 Å². The summed E-state index contributed by atoms with van der Waals surface area (Å²) >= 11 is 13.5. The van der Waals surface area contributed by atoms with Gasteiger partial charge in [-0.1, -0.05) is 29.6 Å². The van der Waals surface area contributed by atoms with E-state index >= 15 is 0 Å². The maximum Gasteiger partial charge on any atom is 0.244 e. The van der Waals surface area contributed by atoms with Gasteiger partial charge in [0.2, 0.25) is 15.9 Å². The molecule has 1 N–H and O–H groups in total. The Morgan fingerprint density at radius 3 is 2.89 bits per heavy atom. The van der Waals surface area contributed by atoms with Crippen LogP contribution in [-0.2, 0) is 21.2 Å². The van der Waals surface area contributed by atoms with Gasteiger partial charge in [-0.3, -0.25) is 4.79 Å². The number of nitrogens with one attached hydrogen (secondary N) is 1. The molecule has 1 unspecified atom stereocenters. The van der Waals surface area contributed by atoms with E-state index in [1.165, 1.54) is 15.6 Å². The SMILES string of the molecule is CS(=O)(=O)N1CCCCC1C(=O)Nc1ncc(Cc2cc(Cl)ccc2Cl)s1. The van der Waals surface area contributed by atoms with Crippen molar-refractivity contribution in [2.24, 2.45) is 0 Å². The lowest BCUT2D eigenvalue weighted by Gasteiger charge is -2.32. The number of rotatable bonds is 5. The van der Waals surface area contributed by atoms with Gasteiger partial charge < -0.3 is 5.32 Å². The summed E-state index contributed by atoms with van der Waals surface area (Å²) in [5, 5.41) is 4.40. The smallest absolute Gasteiger partial charge is 0.244 e. The van der Waals surface area contributed by atoms with E-state index in [2.05, 4.69) is 10.3 Å². The fourth-order valence-electron chi connectivity index (χ4n) is 3.07. The molecule has 0 radical (unpaired) electrons. The van der Waals surface area contributed by atoms with E-state index in [1.807, 2.05) is 0 Å². The number of carbonyl (C=O) groups is 1. The Hall–Kier alpha value is -1.19. The second-order valence-corrected chi connectivity index (χ2v) is 10.3. The summed E-state index contributed by atoms with van der Waals surface area (Å²) in [5.74, 6) is -0.346. The first-order chi connectivity index (χ1) is 12.7. The largest absolute Gasteiger partial charge is 0.301 e. The van der Waals surface area contributed by atoms with Crippen molar-refractivity contribution in [3.63, 3.8) is 0 Å². The van der Waals surface area contributed by atoms with Crippen LogP contribution < -0.4 is 5.32 Å². The first kappa shape index (κ1) is 20.5. The summed E-state index contributed by atoms with van der Waals surface area (Å²) in [4.78, 5) is 17.7. The van der Waals surface area contributed by atoms with Gasteiger partial charge in [-0.25, -0.2) is 13.4 Å². The van der Waals surface area contributed by atoms with Crippen molar-refractivity contribution >= 4 is 55.6 Å². The zero-order chi connectivity index (χ0) is 19.6. The number of hydrogen-bond donors (Lipinski definition) is 1. The van der Waals surface area contributed by atoms with Crippen molar-refractivity contribution in [3.8, 4) is 0 Å². The number of nitrogens with zero attached hydrogens (tertiary/aromatic N) is 2. The summed E-state index contributed by atoms with van der Waals surface area (Å²) in [6.07, 6.45) is 5.45. The molecule has 2 heterocycles. The summed E-state index contributed by atoms with van der Waals surface area (Å²) in [7, 11) is -3.43. The number of hydrogen-bond acceptors (Lipinski definition) is 5. The molecule has 146 valence electrons. The third kappa shape index (κ3) is 5.20. The Kier molecular flexibility index (Phi) is 6.43. The molecule has 1 aliphatic rings. The molecule has 2 aromatic rings. The standard InChI is InChI=1S/C17H19Cl2N3O3S2/c1-27(24,25)22-7-3-2-4-15(22)16(23)21-17-20-10-13(26-17)9-11-8-12(18)5-6-14(11)19/h5-6,8,10,15H,2-4,7,9H2,1H3,(H,20,21,23). The minimum atomic E-state index is -3.43. The number of aromatic nitrogens is 1. The van der Waals surface area contributed by atoms with E-state index in [1.54, 1.807) is 24.4 Å². The molecule has 27 heavy (non-hydrogen) atoms. The number of amides is 1. The number of anilines is 1. The van der Waals surface area contributed by atoms with Crippen molar-refractivity contribution < 1.29 is 13.2 Å². The second kappa shape index (κ2) is 8.45. The average molecular weight is 448 g/mol. The first-order valence-corrected chi connectivity index (χ1v) is 11.8. The minimum Gasteiger partial charge on any atom is -0.301 e. The Morgan fingerprint density at radius 2 is 2.15 bits per heavy atom. The number of carbonyl (C=O) groups excluding carboxylic acids is 1. The van der Waals surface area contributed by atoms with E-state index < -0.39 is 16.1 Å². The number of thiazole rings is 1. The molecule has 0 spiro atoms. The topological polar surface area (TPSA) is 79.4 Å². The van der Waals surface area contributed by atoms with Crippen LogP contribution in [0.5, 0.6) is 0 Å². The predicted octanol–water partition coefficient (Wildman–Crippen LogP) is 3.79. The number of piperidine rings is 1. The lowest BCUT2D eigenvalue weighted by atomic mass is 10.0. The molecule has 1 aromatic carbocycles. The molecule has 3 rings (SSSR count). The minimum absolute atomic E-state index is 0.346. The zero-order valence-corrected chi connectivity index (χ0v) is 17.8. The lowest BCUT2D eigenvalue weighted by molar-refractivity contribution is -0.120. The van der Waals surface area contributed by atoms with Gasteiger partial charge in [0.1, 0.15) is 6.04 Å². The van der Waals surface area contributed by atoms with Crippen molar-refractivity contribution in [2.45, 2.75) is 31.7 Å². The fraction of sp³-hybridized carbons (Fsp3) is 0.412. The molecule has 1 saturated heterocycles. The van der Waals surface area contributed by atoms with Gasteiger partial charge in [-0.15, -0.1) is 11.3 Å². The molecule has 1 amide bonds. The first-order valence-electron chi connectivity index (χ1n) is 8.40. The maximum absolute atomic E-state index is 12.6. The van der Waals surface area contributed by atoms with Crippen LogP contribution in [0.4, 0.5) is 5.13 Å². The third-order valence-corrected chi connectivity index (χ3v) is 7.14. The highest BCUT2D eigenvalue weighted by Gasteiger charge is 2.34. The Morgan fingerprint density at radius 1 is 1.37 bits per heavy atom. The van der Waals surface area contributed by atoms with E-state index in [-0.39, 0.29) is 5.91 Å². The van der Waals surface area contributed by atoms with Crippen LogP contribution in [0.3, 0.4) is 0 Å². The molecule has 1 aromatic heterocycles. The highest BCUT2D eigenvalue weighted by atomic mass is 35.5. The number of benzene rings is 1. The number of sulfonamides is 1. The molecule has 0 bridgehead atoms. The summed E-state index contributed by atoms with van der Waals surface area (Å²) in [6, 6.07) is 4.58. The quantitative estimate of drug-likeness (QED) is 0.755. The third-order valence-electron chi connectivity index (χ3n) is 4.34. The van der Waals surface area contributed by atoms with Gasteiger partial charge in [0.05, 0.1) is 6.26 Å². The van der Waals surface area contributed by atoms with Gasteiger partial charge >= 0.3 is 0 Å². The lowest BCUT2D eigenvalue weighted by Crippen LogP contribution is -2.49. The van der Waals surface area contributed by atoms with Crippen LogP contribution in [0.25, 0.3) is 0 Å².